The van der Waals surface area contributed by atoms with Crippen LogP contribution in [0.1, 0.15) is 18.8 Å². The first-order valence-corrected chi connectivity index (χ1v) is 6.09. The molecule has 0 amide bonds. The lowest BCUT2D eigenvalue weighted by Crippen LogP contribution is -2.06. The number of nitrogens with one attached hydrogen (secondary N) is 1. The molecule has 20 heavy (non-hydrogen) atoms. The van der Waals surface area contributed by atoms with E-state index < -0.39 is 0 Å². The fourth-order valence-corrected chi connectivity index (χ4v) is 1.82. The van der Waals surface area contributed by atoms with E-state index in [0.717, 1.165) is 5.56 Å². The van der Waals surface area contributed by atoms with Gasteiger partial charge in [0.25, 0.3) is 0 Å². The van der Waals surface area contributed by atoms with Crippen molar-refractivity contribution in [2.45, 2.75) is 13.0 Å². The van der Waals surface area contributed by atoms with Crippen LogP contribution in [0.3, 0.4) is 0 Å². The highest BCUT2D eigenvalue weighted by atomic mass is 16.5. The molecule has 3 N–H and O–H groups in total. The van der Waals surface area contributed by atoms with Gasteiger partial charge in [0.15, 0.2) is 17.3 Å². The minimum Gasteiger partial charge on any atom is -0.493 e. The Morgan fingerprint density at radius 2 is 1.70 bits per heavy atom. The number of benzene rings is 1. The highest BCUT2D eigenvalue weighted by Crippen LogP contribution is 2.40. The molecule has 1 atom stereocenters. The summed E-state index contributed by atoms with van der Waals surface area (Å²) in [5.74, 6) is 2.77. The predicted molar refractivity (Wildman–Crippen MR) is 74.1 cm³/mol. The molecule has 0 unspecified atom stereocenters. The quantitative estimate of drug-likeness (QED) is 0.861. The van der Waals surface area contributed by atoms with Crippen molar-refractivity contribution in [3.8, 4) is 28.6 Å². The largest absolute Gasteiger partial charge is 0.493 e. The molecular formula is C13H18N4O3. The molecular weight excluding hydrogens is 260 g/mol. The summed E-state index contributed by atoms with van der Waals surface area (Å²) in [5.41, 5.74) is 6.51. The Labute approximate surface area is 117 Å². The van der Waals surface area contributed by atoms with Crippen molar-refractivity contribution in [2.75, 3.05) is 21.3 Å². The van der Waals surface area contributed by atoms with Crippen molar-refractivity contribution in [3.63, 3.8) is 0 Å². The third kappa shape index (κ3) is 2.53. The second-order valence-electron chi connectivity index (χ2n) is 4.25. The third-order valence-electron chi connectivity index (χ3n) is 2.86. The van der Waals surface area contributed by atoms with Crippen molar-refractivity contribution >= 4 is 0 Å². The zero-order valence-electron chi connectivity index (χ0n) is 11.9. The first kappa shape index (κ1) is 14.1. The zero-order chi connectivity index (χ0) is 14.7. The molecule has 0 bridgehead atoms. The number of aromatic amines is 1. The molecule has 7 heteroatoms. The SMILES string of the molecule is COc1cc(-c2n[nH]c([C@@H](C)N)n2)cc(OC)c1OC. The maximum Gasteiger partial charge on any atom is 0.203 e. The van der Waals surface area contributed by atoms with Gasteiger partial charge in [-0.25, -0.2) is 4.98 Å². The van der Waals surface area contributed by atoms with Gasteiger partial charge in [0.05, 0.1) is 27.4 Å². The molecule has 7 nitrogen and oxygen atoms in total. The zero-order valence-corrected chi connectivity index (χ0v) is 11.9. The van der Waals surface area contributed by atoms with E-state index in [1.54, 1.807) is 33.5 Å². The Hall–Kier alpha value is -2.28. The van der Waals surface area contributed by atoms with Crippen LogP contribution in [0.5, 0.6) is 17.2 Å². The van der Waals surface area contributed by atoms with Crippen LogP contribution in [0.25, 0.3) is 11.4 Å². The number of nitrogens with two attached hydrogens (primary N) is 1. The maximum atomic E-state index is 5.76. The second-order valence-corrected chi connectivity index (χ2v) is 4.25. The molecule has 2 rings (SSSR count). The second kappa shape index (κ2) is 5.79. The van der Waals surface area contributed by atoms with Gasteiger partial charge in [0.2, 0.25) is 5.75 Å². The Kier molecular flexibility index (Phi) is 4.09. The molecule has 108 valence electrons. The normalized spacial score (nSPS) is 12.1. The molecule has 2 aromatic rings. The van der Waals surface area contributed by atoms with E-state index in [2.05, 4.69) is 15.2 Å². The maximum absolute atomic E-state index is 5.76. The van der Waals surface area contributed by atoms with Gasteiger partial charge in [0, 0.05) is 5.56 Å². The van der Waals surface area contributed by atoms with Crippen molar-refractivity contribution in [1.82, 2.24) is 15.2 Å². The van der Waals surface area contributed by atoms with Crippen LogP contribution < -0.4 is 19.9 Å². The molecule has 0 radical (unpaired) electrons. The minimum atomic E-state index is -0.210. The number of rotatable bonds is 5. The van der Waals surface area contributed by atoms with Crippen LogP contribution in [-0.2, 0) is 0 Å². The van der Waals surface area contributed by atoms with Gasteiger partial charge in [0.1, 0.15) is 5.82 Å². The summed E-state index contributed by atoms with van der Waals surface area (Å²) in [7, 11) is 4.68. The number of ether oxygens (including phenoxy) is 3. The van der Waals surface area contributed by atoms with E-state index in [-0.39, 0.29) is 6.04 Å². The van der Waals surface area contributed by atoms with Crippen LogP contribution in [0.15, 0.2) is 12.1 Å². The Bertz CT molecular complexity index is 570. The van der Waals surface area contributed by atoms with Gasteiger partial charge < -0.3 is 19.9 Å². The minimum absolute atomic E-state index is 0.210. The lowest BCUT2D eigenvalue weighted by Gasteiger charge is -2.12. The number of hydrogen-bond acceptors (Lipinski definition) is 6. The average Bonchev–Trinajstić information content (AvgIpc) is 2.95. The van der Waals surface area contributed by atoms with Crippen molar-refractivity contribution in [3.05, 3.63) is 18.0 Å². The fraction of sp³-hybridized carbons (Fsp3) is 0.385. The third-order valence-corrected chi connectivity index (χ3v) is 2.86. The number of nitrogens with zero attached hydrogens (tertiary/aromatic N) is 2. The van der Waals surface area contributed by atoms with Crippen LogP contribution in [0, 0.1) is 0 Å². The number of hydrogen-bond donors (Lipinski definition) is 2. The first-order chi connectivity index (χ1) is 9.60. The van der Waals surface area contributed by atoms with Crippen LogP contribution in [0.4, 0.5) is 0 Å². The number of H-pyrrole nitrogens is 1. The standard InChI is InChI=1S/C13H18N4O3/c1-7(14)12-15-13(17-16-12)8-5-9(18-2)11(20-4)10(6-8)19-3/h5-7H,14H2,1-4H3,(H,15,16,17)/t7-/m1/s1. The van der Waals surface area contributed by atoms with Gasteiger partial charge in [-0.15, -0.1) is 0 Å². The molecule has 1 aromatic heterocycles. The summed E-state index contributed by atoms with van der Waals surface area (Å²) in [6.45, 7) is 1.83. The summed E-state index contributed by atoms with van der Waals surface area (Å²) >= 11 is 0. The molecule has 0 saturated heterocycles. The Morgan fingerprint density at radius 3 is 2.10 bits per heavy atom. The first-order valence-electron chi connectivity index (χ1n) is 6.09. The summed E-state index contributed by atoms with van der Waals surface area (Å²) < 4.78 is 15.9. The van der Waals surface area contributed by atoms with Crippen molar-refractivity contribution in [1.29, 1.82) is 0 Å². The summed E-state index contributed by atoms with van der Waals surface area (Å²) in [6, 6.07) is 3.36. The molecule has 0 spiro atoms. The highest BCUT2D eigenvalue weighted by molar-refractivity contribution is 5.66. The molecule has 1 heterocycles. The number of aromatic nitrogens is 3. The fourth-order valence-electron chi connectivity index (χ4n) is 1.82. The summed E-state index contributed by atoms with van der Waals surface area (Å²) in [6.07, 6.45) is 0. The molecule has 0 fully saturated rings. The summed E-state index contributed by atoms with van der Waals surface area (Å²) in [5, 5.41) is 6.95. The van der Waals surface area contributed by atoms with Crippen molar-refractivity contribution in [2.24, 2.45) is 5.73 Å². The lowest BCUT2D eigenvalue weighted by atomic mass is 10.1. The lowest BCUT2D eigenvalue weighted by molar-refractivity contribution is 0.324. The Balaban J connectivity index is 2.50. The van der Waals surface area contributed by atoms with Gasteiger partial charge in [-0.3, -0.25) is 5.10 Å². The average molecular weight is 278 g/mol. The van der Waals surface area contributed by atoms with Crippen LogP contribution in [-0.4, -0.2) is 36.5 Å². The molecule has 0 saturated carbocycles. The van der Waals surface area contributed by atoms with Crippen LogP contribution in [0.2, 0.25) is 0 Å². The van der Waals surface area contributed by atoms with E-state index in [0.29, 0.717) is 28.9 Å². The van der Waals surface area contributed by atoms with E-state index in [1.807, 2.05) is 6.92 Å². The molecule has 0 aliphatic heterocycles. The van der Waals surface area contributed by atoms with Gasteiger partial charge in [-0.2, -0.15) is 5.10 Å². The van der Waals surface area contributed by atoms with E-state index in [4.69, 9.17) is 19.9 Å². The van der Waals surface area contributed by atoms with Gasteiger partial charge in [-0.1, -0.05) is 0 Å². The van der Waals surface area contributed by atoms with E-state index >= 15 is 0 Å². The van der Waals surface area contributed by atoms with E-state index in [1.165, 1.54) is 0 Å². The highest BCUT2D eigenvalue weighted by Gasteiger charge is 2.16. The number of methoxy groups -OCH3 is 3. The Morgan fingerprint density at radius 1 is 1.10 bits per heavy atom. The molecule has 0 aliphatic carbocycles. The smallest absolute Gasteiger partial charge is 0.203 e. The van der Waals surface area contributed by atoms with Gasteiger partial charge >= 0.3 is 0 Å². The molecule has 1 aromatic carbocycles. The monoisotopic (exact) mass is 278 g/mol. The van der Waals surface area contributed by atoms with E-state index in [9.17, 15) is 0 Å². The van der Waals surface area contributed by atoms with Crippen molar-refractivity contribution < 1.29 is 14.2 Å². The van der Waals surface area contributed by atoms with Crippen LogP contribution >= 0.6 is 0 Å². The summed E-state index contributed by atoms with van der Waals surface area (Å²) in [4.78, 5) is 4.34. The predicted octanol–water partition coefficient (Wildman–Crippen LogP) is 1.52. The van der Waals surface area contributed by atoms with Gasteiger partial charge in [-0.05, 0) is 19.1 Å². The molecule has 0 aliphatic rings. The topological polar surface area (TPSA) is 95.3 Å².